The van der Waals surface area contributed by atoms with Crippen molar-refractivity contribution in [2.24, 2.45) is 5.92 Å². The average Bonchev–Trinajstić information content (AvgIpc) is 2.37. The van der Waals surface area contributed by atoms with Crippen LogP contribution in [0.15, 0.2) is 42.8 Å². The number of pyridine rings is 1. The van der Waals surface area contributed by atoms with Crippen molar-refractivity contribution < 1.29 is 0 Å². The number of halogens is 2. The molecular weight excluding hydrogens is 291 g/mol. The summed E-state index contributed by atoms with van der Waals surface area (Å²) in [5.41, 5.74) is 1.92. The highest BCUT2D eigenvalue weighted by molar-refractivity contribution is 6.30. The van der Waals surface area contributed by atoms with E-state index in [-0.39, 0.29) is 5.38 Å². The zero-order chi connectivity index (χ0) is 15.1. The molecule has 1 unspecified atom stereocenters. The third-order valence-electron chi connectivity index (χ3n) is 2.69. The van der Waals surface area contributed by atoms with E-state index < -0.39 is 0 Å². The maximum atomic E-state index is 5.94. The van der Waals surface area contributed by atoms with Gasteiger partial charge in [0.25, 0.3) is 0 Å². The molecule has 110 valence electrons. The number of hydrogen-bond acceptors (Lipinski definition) is 2. The second-order valence-electron chi connectivity index (χ2n) is 5.27. The van der Waals surface area contributed by atoms with E-state index in [1.54, 1.807) is 6.20 Å². The zero-order valence-corrected chi connectivity index (χ0v) is 13.8. The number of alkyl halides is 1. The molecule has 0 saturated carbocycles. The number of hydrogen-bond donors (Lipinski definition) is 0. The van der Waals surface area contributed by atoms with Crippen LogP contribution < -0.4 is 0 Å². The van der Waals surface area contributed by atoms with Gasteiger partial charge in [-0.05, 0) is 31.1 Å². The summed E-state index contributed by atoms with van der Waals surface area (Å²) in [7, 11) is 0. The molecule has 20 heavy (non-hydrogen) atoms. The lowest BCUT2D eigenvalue weighted by Crippen LogP contribution is -2.26. The summed E-state index contributed by atoms with van der Waals surface area (Å²) in [6.07, 6.45) is 5.58. The van der Waals surface area contributed by atoms with E-state index in [1.807, 2.05) is 31.2 Å². The van der Waals surface area contributed by atoms with E-state index in [2.05, 4.69) is 30.3 Å². The van der Waals surface area contributed by atoms with Crippen LogP contribution in [0.1, 0.15) is 26.5 Å². The second kappa shape index (κ2) is 8.33. The average molecular weight is 313 g/mol. The van der Waals surface area contributed by atoms with Gasteiger partial charge in [0.1, 0.15) is 0 Å². The highest BCUT2D eigenvalue weighted by Gasteiger charge is 2.10. The van der Waals surface area contributed by atoms with Gasteiger partial charge < -0.3 is 4.90 Å². The molecule has 0 radical (unpaired) electrons. The van der Waals surface area contributed by atoms with Crippen LogP contribution in [-0.4, -0.2) is 21.8 Å². The highest BCUT2D eigenvalue weighted by Crippen LogP contribution is 2.14. The van der Waals surface area contributed by atoms with Gasteiger partial charge in [0.05, 0.1) is 17.3 Å². The van der Waals surface area contributed by atoms with Crippen LogP contribution in [-0.2, 0) is 6.54 Å². The maximum Gasteiger partial charge on any atom is 0.0601 e. The van der Waals surface area contributed by atoms with E-state index in [0.29, 0.717) is 10.9 Å². The van der Waals surface area contributed by atoms with E-state index >= 15 is 0 Å². The summed E-state index contributed by atoms with van der Waals surface area (Å²) in [6.45, 7) is 12.1. The van der Waals surface area contributed by atoms with Crippen molar-refractivity contribution in [3.63, 3.8) is 0 Å². The summed E-state index contributed by atoms with van der Waals surface area (Å²) in [5, 5.41) is 0.653. The molecule has 1 aromatic rings. The molecule has 1 atom stereocenters. The van der Waals surface area contributed by atoms with Gasteiger partial charge in [-0.2, -0.15) is 0 Å². The fourth-order valence-corrected chi connectivity index (χ4v) is 1.95. The molecule has 1 rings (SSSR count). The summed E-state index contributed by atoms with van der Waals surface area (Å²) in [4.78, 5) is 6.54. The van der Waals surface area contributed by atoms with Crippen LogP contribution in [0.2, 0.25) is 5.02 Å². The van der Waals surface area contributed by atoms with Crippen molar-refractivity contribution in [3.8, 4) is 0 Å². The van der Waals surface area contributed by atoms with Gasteiger partial charge in [-0.25, -0.2) is 0 Å². The van der Waals surface area contributed by atoms with Crippen LogP contribution in [0.25, 0.3) is 0 Å². The van der Waals surface area contributed by atoms with Gasteiger partial charge in [-0.3, -0.25) is 4.98 Å². The summed E-state index contributed by atoms with van der Waals surface area (Å²) < 4.78 is 0. The Hall–Kier alpha value is -0.990. The molecule has 0 spiro atoms. The van der Waals surface area contributed by atoms with Crippen molar-refractivity contribution in [1.82, 2.24) is 9.88 Å². The molecular formula is C16H22Cl2N2. The molecule has 2 nitrogen and oxygen atoms in total. The predicted molar refractivity (Wildman–Crippen MR) is 88.1 cm³/mol. The Morgan fingerprint density at radius 2 is 2.10 bits per heavy atom. The first-order valence-electron chi connectivity index (χ1n) is 6.75. The van der Waals surface area contributed by atoms with Crippen molar-refractivity contribution in [1.29, 1.82) is 0 Å². The van der Waals surface area contributed by atoms with Crippen LogP contribution in [0.5, 0.6) is 0 Å². The molecule has 0 amide bonds. The topological polar surface area (TPSA) is 16.1 Å². The number of aromatic nitrogens is 1. The Labute approximate surface area is 132 Å². The molecule has 0 bridgehead atoms. The molecule has 0 aliphatic carbocycles. The third kappa shape index (κ3) is 6.44. The van der Waals surface area contributed by atoms with Crippen molar-refractivity contribution in [3.05, 3.63) is 53.5 Å². The lowest BCUT2D eigenvalue weighted by molar-refractivity contribution is 0.303. The van der Waals surface area contributed by atoms with Crippen LogP contribution in [0.4, 0.5) is 0 Å². The van der Waals surface area contributed by atoms with Crippen LogP contribution >= 0.6 is 23.2 Å². The first kappa shape index (κ1) is 17.1. The van der Waals surface area contributed by atoms with E-state index in [1.165, 1.54) is 0 Å². The van der Waals surface area contributed by atoms with Crippen LogP contribution in [0.3, 0.4) is 0 Å². The minimum Gasteiger partial charge on any atom is -0.366 e. The Morgan fingerprint density at radius 3 is 2.60 bits per heavy atom. The van der Waals surface area contributed by atoms with E-state index in [9.17, 15) is 0 Å². The van der Waals surface area contributed by atoms with Gasteiger partial charge >= 0.3 is 0 Å². The Morgan fingerprint density at radius 1 is 1.40 bits per heavy atom. The Balaban J connectivity index is 2.78. The Bertz CT molecular complexity index is 450. The van der Waals surface area contributed by atoms with Crippen molar-refractivity contribution in [2.75, 3.05) is 6.54 Å². The number of nitrogens with zero attached hydrogens (tertiary/aromatic N) is 2. The lowest BCUT2D eigenvalue weighted by atomic mass is 10.2. The van der Waals surface area contributed by atoms with Gasteiger partial charge in [0.2, 0.25) is 0 Å². The Kier molecular flexibility index (Phi) is 7.11. The summed E-state index contributed by atoms with van der Waals surface area (Å²) in [5.74, 6) is 0.542. The first-order chi connectivity index (χ1) is 9.38. The van der Waals surface area contributed by atoms with Gasteiger partial charge in [0.15, 0.2) is 0 Å². The minimum atomic E-state index is 0.00121. The van der Waals surface area contributed by atoms with Crippen LogP contribution in [0, 0.1) is 5.92 Å². The molecule has 1 heterocycles. The minimum absolute atomic E-state index is 0.00121. The maximum absolute atomic E-state index is 5.94. The number of allylic oxidation sites excluding steroid dienone is 2. The van der Waals surface area contributed by atoms with Crippen molar-refractivity contribution >= 4 is 23.2 Å². The van der Waals surface area contributed by atoms with Gasteiger partial charge in [-0.1, -0.05) is 38.1 Å². The van der Waals surface area contributed by atoms with Gasteiger partial charge in [0, 0.05) is 23.8 Å². The monoisotopic (exact) mass is 312 g/mol. The third-order valence-corrected chi connectivity index (χ3v) is 3.06. The fraction of sp³-hybridized carbons (Fsp3) is 0.438. The molecule has 0 aromatic carbocycles. The summed E-state index contributed by atoms with van der Waals surface area (Å²) in [6, 6.07) is 3.80. The molecule has 0 fully saturated rings. The molecule has 4 heteroatoms. The molecule has 0 N–H and O–H groups in total. The van der Waals surface area contributed by atoms with Gasteiger partial charge in [-0.15, -0.1) is 11.6 Å². The zero-order valence-electron chi connectivity index (χ0n) is 12.3. The number of rotatable bonds is 7. The predicted octanol–water partition coefficient (Wildman–Crippen LogP) is 4.89. The van der Waals surface area contributed by atoms with Crippen molar-refractivity contribution in [2.45, 2.75) is 32.7 Å². The molecule has 0 aliphatic heterocycles. The molecule has 0 saturated heterocycles. The second-order valence-corrected chi connectivity index (χ2v) is 6.39. The molecule has 1 aromatic heterocycles. The molecule has 0 aliphatic rings. The quantitative estimate of drug-likeness (QED) is 0.526. The lowest BCUT2D eigenvalue weighted by Gasteiger charge is -2.26. The summed E-state index contributed by atoms with van der Waals surface area (Å²) >= 11 is 11.8. The largest absolute Gasteiger partial charge is 0.366 e. The first-order valence-corrected chi connectivity index (χ1v) is 7.56. The smallest absolute Gasteiger partial charge is 0.0601 e. The standard InChI is InChI=1S/C16H22Cl2N2/c1-12(2)10-20(14(4)6-5-13(3)17)11-16-8-7-15(18)9-19-16/h5-9,12-13H,4,10-11H2,1-3H3/b6-5+. The normalized spacial score (nSPS) is 12.9. The highest BCUT2D eigenvalue weighted by atomic mass is 35.5. The SMILES string of the molecule is C=C(/C=C/C(C)Cl)N(Cc1ccc(Cl)cn1)CC(C)C. The fourth-order valence-electron chi connectivity index (χ4n) is 1.77. The van der Waals surface area contributed by atoms with E-state index in [4.69, 9.17) is 23.2 Å². The van der Waals surface area contributed by atoms with E-state index in [0.717, 1.165) is 24.5 Å².